The topological polar surface area (TPSA) is 27.7 Å². The Morgan fingerprint density at radius 2 is 0.739 bits per heavy atom. The van der Waals surface area contributed by atoms with E-state index >= 15 is 0 Å². The molecule has 23 heavy (non-hydrogen) atoms. The Morgan fingerprint density at radius 3 is 1.00 bits per heavy atom. The molecular weight excluding hydrogens is 418 g/mol. The van der Waals surface area contributed by atoms with Crippen molar-refractivity contribution in [3.8, 4) is 17.2 Å². The zero-order valence-corrected chi connectivity index (χ0v) is 15.6. The maximum absolute atomic E-state index is 5.98. The van der Waals surface area contributed by atoms with Crippen LogP contribution in [-0.2, 0) is 0 Å². The zero-order valence-electron chi connectivity index (χ0n) is 12.2. The molecule has 0 radical (unpaired) electrons. The van der Waals surface area contributed by atoms with Gasteiger partial charge < -0.3 is 0 Å². The molecule has 3 nitrogen and oxygen atoms in total. The molecular formula is C18H15O3SSb. The SMILES string of the molecule is [S]=[Sb]([O]c1ccccc1)([O]c1ccccc1)[O]c1ccccc1. The minimum absolute atomic E-state index is 0.653. The molecule has 0 spiro atoms. The van der Waals surface area contributed by atoms with Crippen molar-refractivity contribution in [2.45, 2.75) is 0 Å². The van der Waals surface area contributed by atoms with Gasteiger partial charge >= 0.3 is 145 Å². The van der Waals surface area contributed by atoms with Crippen molar-refractivity contribution in [2.75, 3.05) is 0 Å². The van der Waals surface area contributed by atoms with E-state index in [4.69, 9.17) is 18.2 Å². The molecule has 5 heteroatoms. The van der Waals surface area contributed by atoms with Crippen molar-refractivity contribution in [1.29, 1.82) is 0 Å². The summed E-state index contributed by atoms with van der Waals surface area (Å²) in [5, 5.41) is 0. The summed E-state index contributed by atoms with van der Waals surface area (Å²) < 4.78 is 17.9. The van der Waals surface area contributed by atoms with Gasteiger partial charge in [-0.15, -0.1) is 0 Å². The van der Waals surface area contributed by atoms with Crippen LogP contribution in [0.25, 0.3) is 0 Å². The van der Waals surface area contributed by atoms with Crippen molar-refractivity contribution in [1.82, 2.24) is 0 Å². The molecule has 3 aromatic carbocycles. The maximum atomic E-state index is 5.98. The molecule has 3 aromatic rings. The van der Waals surface area contributed by atoms with Crippen LogP contribution in [0.1, 0.15) is 0 Å². The van der Waals surface area contributed by atoms with E-state index in [1.54, 1.807) is 0 Å². The third-order valence-corrected chi connectivity index (χ3v) is 8.10. The molecule has 116 valence electrons. The van der Waals surface area contributed by atoms with Gasteiger partial charge in [-0.3, -0.25) is 0 Å². The summed E-state index contributed by atoms with van der Waals surface area (Å²) in [6.07, 6.45) is 0. The molecule has 0 atom stereocenters. The van der Waals surface area contributed by atoms with Crippen LogP contribution in [-0.4, -0.2) is 18.1 Å². The summed E-state index contributed by atoms with van der Waals surface area (Å²) in [6, 6.07) is 28.2. The Morgan fingerprint density at radius 1 is 0.478 bits per heavy atom. The summed E-state index contributed by atoms with van der Waals surface area (Å²) in [4.78, 5) is 0. The Bertz CT molecular complexity index is 671. The van der Waals surface area contributed by atoms with Gasteiger partial charge in [-0.05, 0) is 0 Å². The molecule has 0 aliphatic rings. The van der Waals surface area contributed by atoms with Gasteiger partial charge in [0.2, 0.25) is 0 Å². The third-order valence-electron chi connectivity index (χ3n) is 2.88. The molecule has 0 heterocycles. The second kappa shape index (κ2) is 7.58. The van der Waals surface area contributed by atoms with E-state index in [1.165, 1.54) is 0 Å². The van der Waals surface area contributed by atoms with Gasteiger partial charge in [0.1, 0.15) is 0 Å². The first-order chi connectivity index (χ1) is 11.2. The van der Waals surface area contributed by atoms with Crippen LogP contribution in [0.4, 0.5) is 0 Å². The number of benzene rings is 3. The molecule has 0 amide bonds. The molecule has 0 N–H and O–H groups in total. The van der Waals surface area contributed by atoms with Crippen LogP contribution in [0.5, 0.6) is 17.2 Å². The van der Waals surface area contributed by atoms with Gasteiger partial charge in [0.15, 0.2) is 0 Å². The first kappa shape index (κ1) is 16.0. The van der Waals surface area contributed by atoms with Crippen molar-refractivity contribution in [2.24, 2.45) is 0 Å². The van der Waals surface area contributed by atoms with Gasteiger partial charge in [-0.1, -0.05) is 0 Å². The van der Waals surface area contributed by atoms with Gasteiger partial charge in [-0.2, -0.15) is 0 Å². The monoisotopic (exact) mass is 432 g/mol. The van der Waals surface area contributed by atoms with E-state index in [0.717, 1.165) is 0 Å². The van der Waals surface area contributed by atoms with Crippen LogP contribution in [0.3, 0.4) is 0 Å². The van der Waals surface area contributed by atoms with Gasteiger partial charge in [0.05, 0.1) is 0 Å². The van der Waals surface area contributed by atoms with Crippen LogP contribution in [0, 0.1) is 0 Å². The molecule has 0 aliphatic heterocycles. The third kappa shape index (κ3) is 4.78. The van der Waals surface area contributed by atoms with E-state index in [9.17, 15) is 0 Å². The normalized spacial score (nSPS) is 10.8. The first-order valence-corrected chi connectivity index (χ1v) is 13.7. The van der Waals surface area contributed by atoms with Crippen LogP contribution in [0.2, 0.25) is 0 Å². The summed E-state index contributed by atoms with van der Waals surface area (Å²) in [5.41, 5.74) is 0. The average Bonchev–Trinajstić information content (AvgIpc) is 2.57. The van der Waals surface area contributed by atoms with Crippen LogP contribution < -0.4 is 9.05 Å². The summed E-state index contributed by atoms with van der Waals surface area (Å²) in [6.45, 7) is 0. The van der Waals surface area contributed by atoms with E-state index in [1.807, 2.05) is 91.0 Å². The molecule has 0 aromatic heterocycles. The summed E-state index contributed by atoms with van der Waals surface area (Å²) in [7, 11) is 5.68. The second-order valence-corrected chi connectivity index (χ2v) is 11.8. The molecule has 3 rings (SSSR count). The molecule has 0 saturated carbocycles. The van der Waals surface area contributed by atoms with E-state index in [-0.39, 0.29) is 0 Å². The minimum atomic E-state index is -4.13. The summed E-state index contributed by atoms with van der Waals surface area (Å²) >= 11 is -4.13. The molecule has 0 aliphatic carbocycles. The van der Waals surface area contributed by atoms with E-state index in [2.05, 4.69) is 0 Å². The molecule has 0 bridgehead atoms. The van der Waals surface area contributed by atoms with Crippen molar-refractivity contribution < 1.29 is 9.05 Å². The van der Waals surface area contributed by atoms with Crippen LogP contribution in [0.15, 0.2) is 91.0 Å². The average molecular weight is 433 g/mol. The standard InChI is InChI=1S/3C6H6O.S.Sb/c3*7-6-4-2-1-3-5-6;;/h3*1-5,7H;;/q;;;;+3/p-3. The van der Waals surface area contributed by atoms with Gasteiger partial charge in [-0.25, -0.2) is 0 Å². The Hall–Kier alpha value is -1.90. The van der Waals surface area contributed by atoms with Crippen molar-refractivity contribution >= 4 is 27.3 Å². The molecule has 0 unspecified atom stereocenters. The van der Waals surface area contributed by atoms with E-state index in [0.29, 0.717) is 17.2 Å². The number of rotatable bonds is 6. The number of hydrogen-bond acceptors (Lipinski definition) is 4. The Kier molecular flexibility index (Phi) is 5.26. The predicted octanol–water partition coefficient (Wildman–Crippen LogP) is 4.86. The predicted molar refractivity (Wildman–Crippen MR) is 94.6 cm³/mol. The summed E-state index contributed by atoms with van der Waals surface area (Å²) in [5.74, 6) is 1.96. The Labute approximate surface area is 144 Å². The molecule has 0 saturated heterocycles. The fourth-order valence-electron chi connectivity index (χ4n) is 1.89. The molecule has 0 fully saturated rings. The van der Waals surface area contributed by atoms with Gasteiger partial charge in [0.25, 0.3) is 0 Å². The zero-order chi connectivity index (χ0) is 16.0. The quantitative estimate of drug-likeness (QED) is 0.520. The van der Waals surface area contributed by atoms with E-state index < -0.39 is 18.1 Å². The second-order valence-electron chi connectivity index (χ2n) is 4.66. The first-order valence-electron chi connectivity index (χ1n) is 7.07. The van der Waals surface area contributed by atoms with Crippen molar-refractivity contribution in [3.05, 3.63) is 91.0 Å². The number of para-hydroxylation sites is 3. The number of hydrogen-bond donors (Lipinski definition) is 0. The van der Waals surface area contributed by atoms with Crippen molar-refractivity contribution in [3.63, 3.8) is 0 Å². The van der Waals surface area contributed by atoms with Gasteiger partial charge in [0, 0.05) is 0 Å². The Balaban J connectivity index is 1.87. The fourth-order valence-corrected chi connectivity index (χ4v) is 7.19. The van der Waals surface area contributed by atoms with Crippen LogP contribution >= 0.6 is 9.19 Å². The fraction of sp³-hybridized carbons (Fsp3) is 0.